The van der Waals surface area contributed by atoms with E-state index in [0.717, 1.165) is 17.5 Å². The largest absolute Gasteiger partial charge is 0.289 e. The van der Waals surface area contributed by atoms with E-state index in [9.17, 15) is 9.59 Å². The van der Waals surface area contributed by atoms with E-state index >= 15 is 0 Å². The second-order valence-corrected chi connectivity index (χ2v) is 8.67. The van der Waals surface area contributed by atoms with Gasteiger partial charge in [0, 0.05) is 22.3 Å². The lowest BCUT2D eigenvalue weighted by atomic mass is 9.76. The van der Waals surface area contributed by atoms with Crippen LogP contribution in [0.15, 0.2) is 36.4 Å². The highest BCUT2D eigenvalue weighted by Crippen LogP contribution is 2.34. The topological polar surface area (TPSA) is 34.1 Å². The van der Waals surface area contributed by atoms with Crippen LogP contribution in [0.4, 0.5) is 0 Å². The summed E-state index contributed by atoms with van der Waals surface area (Å²) in [7, 11) is 0. The molecule has 0 saturated heterocycles. The first-order chi connectivity index (χ1) is 11.6. The molecule has 2 aromatic rings. The molecule has 130 valence electrons. The summed E-state index contributed by atoms with van der Waals surface area (Å²) in [5.74, 6) is -0.0876. The number of carbonyl (C=O) groups is 2. The molecule has 0 radical (unpaired) electrons. The molecule has 0 fully saturated rings. The molecular formula is C23H26O2. The molecule has 2 nitrogen and oxygen atoms in total. The molecule has 2 heteroatoms. The predicted molar refractivity (Wildman–Crippen MR) is 102 cm³/mol. The zero-order valence-corrected chi connectivity index (χ0v) is 16.0. The highest BCUT2D eigenvalue weighted by Gasteiger charge is 2.32. The minimum absolute atomic E-state index is 0.0191. The average Bonchev–Trinajstić information content (AvgIpc) is 2.57. The molecule has 0 aliphatic heterocycles. The number of hydrogen-bond donors (Lipinski definition) is 0. The Balaban J connectivity index is 2.16. The van der Waals surface area contributed by atoms with Gasteiger partial charge in [-0.15, -0.1) is 0 Å². The first-order valence-electron chi connectivity index (χ1n) is 8.94. The molecule has 0 atom stereocenters. The first-order valence-corrected chi connectivity index (χ1v) is 8.94. The van der Waals surface area contributed by atoms with Crippen LogP contribution < -0.4 is 0 Å². The van der Waals surface area contributed by atoms with Gasteiger partial charge < -0.3 is 0 Å². The Hall–Kier alpha value is -2.22. The fraction of sp³-hybridized carbons (Fsp3) is 0.391. The Morgan fingerprint density at radius 1 is 0.680 bits per heavy atom. The van der Waals surface area contributed by atoms with E-state index in [1.165, 1.54) is 0 Å². The fourth-order valence-corrected chi connectivity index (χ4v) is 3.24. The maximum Gasteiger partial charge on any atom is 0.194 e. The number of hydrogen-bond acceptors (Lipinski definition) is 2. The van der Waals surface area contributed by atoms with Gasteiger partial charge >= 0.3 is 0 Å². The number of carbonyl (C=O) groups excluding carboxylic acids is 2. The molecule has 0 unspecified atom stereocenters. The van der Waals surface area contributed by atoms with Crippen molar-refractivity contribution >= 4 is 11.6 Å². The van der Waals surface area contributed by atoms with E-state index in [4.69, 9.17) is 0 Å². The SMILES string of the molecule is CCC(C)(C)c1ccc2c(c1)C(=O)c1ccc(C(C)(C)C)cc1C2=O. The van der Waals surface area contributed by atoms with Crippen LogP contribution in [0.2, 0.25) is 0 Å². The lowest BCUT2D eigenvalue weighted by molar-refractivity contribution is 0.0978. The average molecular weight is 334 g/mol. The van der Waals surface area contributed by atoms with Crippen molar-refractivity contribution in [3.63, 3.8) is 0 Å². The van der Waals surface area contributed by atoms with Gasteiger partial charge in [-0.3, -0.25) is 9.59 Å². The van der Waals surface area contributed by atoms with Crippen molar-refractivity contribution in [2.75, 3.05) is 0 Å². The van der Waals surface area contributed by atoms with E-state index in [0.29, 0.717) is 22.3 Å². The lowest BCUT2D eigenvalue weighted by Crippen LogP contribution is -2.24. The van der Waals surface area contributed by atoms with Gasteiger partial charge in [0.2, 0.25) is 0 Å². The van der Waals surface area contributed by atoms with Crippen LogP contribution in [0.5, 0.6) is 0 Å². The van der Waals surface area contributed by atoms with Gasteiger partial charge in [-0.05, 0) is 52.6 Å². The Labute approximate surface area is 150 Å². The molecule has 0 N–H and O–H groups in total. The summed E-state index contributed by atoms with van der Waals surface area (Å²) in [4.78, 5) is 26.0. The Kier molecular flexibility index (Phi) is 3.98. The van der Waals surface area contributed by atoms with Crippen molar-refractivity contribution in [1.82, 2.24) is 0 Å². The monoisotopic (exact) mass is 334 g/mol. The van der Waals surface area contributed by atoms with Crippen molar-refractivity contribution in [2.24, 2.45) is 0 Å². The van der Waals surface area contributed by atoms with Crippen molar-refractivity contribution in [1.29, 1.82) is 0 Å². The Bertz CT molecular complexity index is 879. The summed E-state index contributed by atoms with van der Waals surface area (Å²) in [6.45, 7) is 12.8. The van der Waals surface area contributed by atoms with Crippen LogP contribution in [-0.2, 0) is 10.8 Å². The normalized spacial score (nSPS) is 14.3. The maximum absolute atomic E-state index is 13.0. The van der Waals surface area contributed by atoms with Gasteiger partial charge in [0.15, 0.2) is 11.6 Å². The second-order valence-electron chi connectivity index (χ2n) is 8.67. The molecule has 0 bridgehead atoms. The molecule has 1 aliphatic rings. The van der Waals surface area contributed by atoms with E-state index in [-0.39, 0.29) is 22.4 Å². The van der Waals surface area contributed by atoms with Gasteiger partial charge in [0.05, 0.1) is 0 Å². The van der Waals surface area contributed by atoms with Crippen molar-refractivity contribution in [3.8, 4) is 0 Å². The zero-order chi connectivity index (χ0) is 18.6. The van der Waals surface area contributed by atoms with Crippen LogP contribution in [-0.4, -0.2) is 11.6 Å². The number of benzene rings is 2. The Morgan fingerprint density at radius 2 is 1.12 bits per heavy atom. The van der Waals surface area contributed by atoms with E-state index in [1.807, 2.05) is 36.4 Å². The van der Waals surface area contributed by atoms with Gasteiger partial charge in [-0.1, -0.05) is 53.7 Å². The van der Waals surface area contributed by atoms with Crippen LogP contribution in [0.25, 0.3) is 0 Å². The fourth-order valence-electron chi connectivity index (χ4n) is 3.24. The quantitative estimate of drug-likeness (QED) is 0.625. The van der Waals surface area contributed by atoms with Crippen LogP contribution >= 0.6 is 0 Å². The van der Waals surface area contributed by atoms with E-state index < -0.39 is 0 Å². The molecule has 25 heavy (non-hydrogen) atoms. The number of rotatable bonds is 2. The van der Waals surface area contributed by atoms with Gasteiger partial charge in [-0.25, -0.2) is 0 Å². The third-order valence-electron chi connectivity index (χ3n) is 5.55. The molecule has 0 aromatic heterocycles. The highest BCUT2D eigenvalue weighted by molar-refractivity contribution is 6.28. The molecule has 2 aromatic carbocycles. The summed E-state index contributed by atoms with van der Waals surface area (Å²) in [6, 6.07) is 11.4. The molecule has 0 amide bonds. The second kappa shape index (κ2) is 5.66. The summed E-state index contributed by atoms with van der Waals surface area (Å²) < 4.78 is 0. The van der Waals surface area contributed by atoms with Crippen LogP contribution in [0, 0.1) is 0 Å². The highest BCUT2D eigenvalue weighted by atomic mass is 16.1. The minimum Gasteiger partial charge on any atom is -0.289 e. The van der Waals surface area contributed by atoms with E-state index in [1.54, 1.807) is 0 Å². The number of fused-ring (bicyclic) bond motifs is 2. The molecule has 0 heterocycles. The molecule has 0 spiro atoms. The number of ketones is 2. The van der Waals surface area contributed by atoms with Gasteiger partial charge in [0.1, 0.15) is 0 Å². The van der Waals surface area contributed by atoms with Crippen LogP contribution in [0.1, 0.15) is 90.9 Å². The standard InChI is InChI=1S/C23H26O2/c1-7-23(5,6)15-9-11-17-19(13-15)21(25)16-10-8-14(22(2,3)4)12-18(16)20(17)24/h8-13H,7H2,1-6H3. The predicted octanol–water partition coefficient (Wildman–Crippen LogP) is 5.45. The molecule has 1 aliphatic carbocycles. The molecule has 0 saturated carbocycles. The third-order valence-corrected chi connectivity index (χ3v) is 5.55. The van der Waals surface area contributed by atoms with E-state index in [2.05, 4.69) is 41.5 Å². The smallest absolute Gasteiger partial charge is 0.194 e. The van der Waals surface area contributed by atoms with Crippen molar-refractivity contribution in [3.05, 3.63) is 69.8 Å². The van der Waals surface area contributed by atoms with Gasteiger partial charge in [0.25, 0.3) is 0 Å². The first kappa shape index (κ1) is 17.6. The summed E-state index contributed by atoms with van der Waals surface area (Å²) in [5, 5.41) is 0. The van der Waals surface area contributed by atoms with Crippen molar-refractivity contribution in [2.45, 2.75) is 58.8 Å². The zero-order valence-electron chi connectivity index (χ0n) is 16.0. The molecule has 3 rings (SSSR count). The lowest BCUT2D eigenvalue weighted by Gasteiger charge is -2.27. The summed E-state index contributed by atoms with van der Waals surface area (Å²) in [6.07, 6.45) is 0.972. The van der Waals surface area contributed by atoms with Crippen LogP contribution in [0.3, 0.4) is 0 Å². The molecular weight excluding hydrogens is 308 g/mol. The Morgan fingerprint density at radius 3 is 1.56 bits per heavy atom. The third kappa shape index (κ3) is 2.84. The summed E-state index contributed by atoms with van der Waals surface area (Å²) in [5.41, 5.74) is 4.22. The van der Waals surface area contributed by atoms with Crippen molar-refractivity contribution < 1.29 is 9.59 Å². The van der Waals surface area contributed by atoms with Gasteiger partial charge in [-0.2, -0.15) is 0 Å². The maximum atomic E-state index is 13.0. The summed E-state index contributed by atoms with van der Waals surface area (Å²) >= 11 is 0. The minimum atomic E-state index is -0.0619.